The van der Waals surface area contributed by atoms with Crippen LogP contribution in [0.25, 0.3) is 21.3 Å². The molecule has 0 bridgehead atoms. The van der Waals surface area contributed by atoms with Gasteiger partial charge in [0.15, 0.2) is 0 Å². The third-order valence-electron chi connectivity index (χ3n) is 3.82. The van der Waals surface area contributed by atoms with Gasteiger partial charge < -0.3 is 5.32 Å². The van der Waals surface area contributed by atoms with E-state index in [-0.39, 0.29) is 5.91 Å². The van der Waals surface area contributed by atoms with E-state index in [4.69, 9.17) is 0 Å². The SMILES string of the molecule is Cc1sc(-c2ccn[nH]2)cc1NC(=O)c1nccc2ccccc12. The van der Waals surface area contributed by atoms with Crippen molar-refractivity contribution < 1.29 is 4.79 Å². The first kappa shape index (κ1) is 14.6. The molecule has 0 radical (unpaired) electrons. The molecule has 0 atom stereocenters. The number of nitrogens with zero attached hydrogens (tertiary/aromatic N) is 2. The minimum Gasteiger partial charge on any atom is -0.320 e. The number of carbonyl (C=O) groups excluding carboxylic acids is 1. The van der Waals surface area contributed by atoms with Gasteiger partial charge in [0.2, 0.25) is 0 Å². The number of aryl methyl sites for hydroxylation is 1. The normalized spacial score (nSPS) is 10.9. The zero-order valence-corrected chi connectivity index (χ0v) is 13.7. The number of carbonyl (C=O) groups is 1. The Hall–Kier alpha value is -2.99. The number of hydrogen-bond donors (Lipinski definition) is 2. The molecule has 0 aliphatic carbocycles. The highest BCUT2D eigenvalue weighted by Gasteiger charge is 2.15. The van der Waals surface area contributed by atoms with Gasteiger partial charge >= 0.3 is 0 Å². The summed E-state index contributed by atoms with van der Waals surface area (Å²) >= 11 is 1.61. The molecule has 0 unspecified atom stereocenters. The Bertz CT molecular complexity index is 1020. The summed E-state index contributed by atoms with van der Waals surface area (Å²) in [7, 11) is 0. The Balaban J connectivity index is 1.67. The van der Waals surface area contributed by atoms with Crippen molar-refractivity contribution in [1.82, 2.24) is 15.2 Å². The number of H-pyrrole nitrogens is 1. The Labute approximate surface area is 142 Å². The zero-order chi connectivity index (χ0) is 16.5. The van der Waals surface area contributed by atoms with Gasteiger partial charge in [-0.1, -0.05) is 24.3 Å². The molecule has 6 heteroatoms. The fourth-order valence-corrected chi connectivity index (χ4v) is 3.56. The standard InChI is InChI=1S/C18H14N4OS/c1-11-15(10-16(24-11)14-7-9-20-22-14)21-18(23)17-13-5-3-2-4-12(13)6-8-19-17/h2-10H,1H3,(H,20,22)(H,21,23). The van der Waals surface area contributed by atoms with Crippen LogP contribution in [-0.2, 0) is 0 Å². The maximum absolute atomic E-state index is 12.7. The molecule has 0 saturated heterocycles. The van der Waals surface area contributed by atoms with E-state index in [9.17, 15) is 4.79 Å². The highest BCUT2D eigenvalue weighted by molar-refractivity contribution is 7.16. The molecule has 1 aromatic carbocycles. The van der Waals surface area contributed by atoms with Crippen LogP contribution >= 0.6 is 11.3 Å². The van der Waals surface area contributed by atoms with Gasteiger partial charge in [0.05, 0.1) is 16.3 Å². The summed E-state index contributed by atoms with van der Waals surface area (Å²) in [4.78, 5) is 19.0. The second kappa shape index (κ2) is 5.90. The third kappa shape index (κ3) is 2.57. The molecular formula is C18H14N4OS. The van der Waals surface area contributed by atoms with E-state index in [0.29, 0.717) is 5.69 Å². The van der Waals surface area contributed by atoms with Gasteiger partial charge in [0.1, 0.15) is 5.69 Å². The number of hydrogen-bond acceptors (Lipinski definition) is 4. The Morgan fingerprint density at radius 1 is 1.17 bits per heavy atom. The molecule has 2 N–H and O–H groups in total. The minimum atomic E-state index is -0.205. The van der Waals surface area contributed by atoms with Crippen LogP contribution in [0.2, 0.25) is 0 Å². The molecule has 4 rings (SSSR count). The van der Waals surface area contributed by atoms with Crippen molar-refractivity contribution >= 4 is 33.7 Å². The lowest BCUT2D eigenvalue weighted by atomic mass is 10.1. The van der Waals surface area contributed by atoms with Crippen molar-refractivity contribution in [1.29, 1.82) is 0 Å². The number of thiophene rings is 1. The van der Waals surface area contributed by atoms with E-state index in [1.165, 1.54) is 0 Å². The molecule has 3 heterocycles. The monoisotopic (exact) mass is 334 g/mol. The predicted octanol–water partition coefficient (Wildman–Crippen LogP) is 4.25. The van der Waals surface area contributed by atoms with Crippen LogP contribution in [0.15, 0.2) is 54.9 Å². The van der Waals surface area contributed by atoms with Gasteiger partial charge in [-0.05, 0) is 30.5 Å². The van der Waals surface area contributed by atoms with Gasteiger partial charge in [-0.3, -0.25) is 14.9 Å². The van der Waals surface area contributed by atoms with Crippen molar-refractivity contribution in [3.8, 4) is 10.6 Å². The molecule has 0 fully saturated rings. The molecule has 0 aliphatic rings. The van der Waals surface area contributed by atoms with E-state index in [1.54, 1.807) is 23.7 Å². The molecular weight excluding hydrogens is 320 g/mol. The van der Waals surface area contributed by atoms with Crippen LogP contribution in [0, 0.1) is 6.92 Å². The number of aromatic nitrogens is 3. The number of rotatable bonds is 3. The molecule has 0 spiro atoms. The molecule has 24 heavy (non-hydrogen) atoms. The maximum Gasteiger partial charge on any atom is 0.274 e. The van der Waals surface area contributed by atoms with E-state index in [2.05, 4.69) is 20.5 Å². The van der Waals surface area contributed by atoms with Crippen molar-refractivity contribution in [2.45, 2.75) is 6.92 Å². The summed E-state index contributed by atoms with van der Waals surface area (Å²) in [5.74, 6) is -0.205. The van der Waals surface area contributed by atoms with Crippen LogP contribution in [0.1, 0.15) is 15.4 Å². The van der Waals surface area contributed by atoms with Crippen LogP contribution in [0.5, 0.6) is 0 Å². The van der Waals surface area contributed by atoms with Crippen molar-refractivity contribution in [3.05, 3.63) is 65.4 Å². The van der Waals surface area contributed by atoms with Gasteiger partial charge in [-0.15, -0.1) is 11.3 Å². The molecule has 5 nitrogen and oxygen atoms in total. The summed E-state index contributed by atoms with van der Waals surface area (Å²) in [6.45, 7) is 1.98. The average Bonchev–Trinajstić information content (AvgIpc) is 3.25. The Morgan fingerprint density at radius 3 is 2.88 bits per heavy atom. The largest absolute Gasteiger partial charge is 0.320 e. The van der Waals surface area contributed by atoms with Crippen molar-refractivity contribution in [2.75, 3.05) is 5.32 Å². The first-order chi connectivity index (χ1) is 11.7. The average molecular weight is 334 g/mol. The predicted molar refractivity (Wildman–Crippen MR) is 96.3 cm³/mol. The number of anilines is 1. The van der Waals surface area contributed by atoms with E-state index in [0.717, 1.165) is 31.9 Å². The topological polar surface area (TPSA) is 70.7 Å². The fraction of sp³-hybridized carbons (Fsp3) is 0.0556. The summed E-state index contributed by atoms with van der Waals surface area (Å²) in [5, 5.41) is 11.7. The number of benzene rings is 1. The third-order valence-corrected chi connectivity index (χ3v) is 4.90. The van der Waals surface area contributed by atoms with Crippen molar-refractivity contribution in [2.24, 2.45) is 0 Å². The molecule has 4 aromatic rings. The van der Waals surface area contributed by atoms with Crippen molar-refractivity contribution in [3.63, 3.8) is 0 Å². The van der Waals surface area contributed by atoms with Crippen LogP contribution in [0.4, 0.5) is 5.69 Å². The molecule has 118 valence electrons. The zero-order valence-electron chi connectivity index (χ0n) is 12.9. The molecule has 1 amide bonds. The van der Waals surface area contributed by atoms with Gasteiger partial charge in [0, 0.05) is 22.7 Å². The summed E-state index contributed by atoms with van der Waals surface area (Å²) < 4.78 is 0. The summed E-state index contributed by atoms with van der Waals surface area (Å²) in [6, 6.07) is 13.5. The maximum atomic E-state index is 12.7. The molecule has 0 saturated carbocycles. The molecule has 3 aromatic heterocycles. The van der Waals surface area contributed by atoms with E-state index < -0.39 is 0 Å². The van der Waals surface area contributed by atoms with E-state index in [1.807, 2.05) is 49.4 Å². The minimum absolute atomic E-state index is 0.205. The van der Waals surface area contributed by atoms with Gasteiger partial charge in [-0.2, -0.15) is 5.10 Å². The van der Waals surface area contributed by atoms with Crippen LogP contribution in [0.3, 0.4) is 0 Å². The van der Waals surface area contributed by atoms with Crippen LogP contribution in [-0.4, -0.2) is 21.1 Å². The smallest absolute Gasteiger partial charge is 0.274 e. The first-order valence-corrected chi connectivity index (χ1v) is 8.29. The second-order valence-electron chi connectivity index (χ2n) is 5.39. The van der Waals surface area contributed by atoms with Crippen LogP contribution < -0.4 is 5.32 Å². The lowest BCUT2D eigenvalue weighted by molar-refractivity contribution is 0.102. The number of fused-ring (bicyclic) bond motifs is 1. The lowest BCUT2D eigenvalue weighted by Crippen LogP contribution is -2.14. The lowest BCUT2D eigenvalue weighted by Gasteiger charge is -2.06. The highest BCUT2D eigenvalue weighted by Crippen LogP contribution is 2.33. The Morgan fingerprint density at radius 2 is 2.04 bits per heavy atom. The van der Waals surface area contributed by atoms with Gasteiger partial charge in [-0.25, -0.2) is 0 Å². The van der Waals surface area contributed by atoms with Gasteiger partial charge in [0.25, 0.3) is 5.91 Å². The highest BCUT2D eigenvalue weighted by atomic mass is 32.1. The number of pyridine rings is 1. The number of aromatic amines is 1. The molecule has 0 aliphatic heterocycles. The fourth-order valence-electron chi connectivity index (χ4n) is 2.61. The summed E-state index contributed by atoms with van der Waals surface area (Å²) in [5.41, 5.74) is 2.16. The number of nitrogens with one attached hydrogen (secondary N) is 2. The summed E-state index contributed by atoms with van der Waals surface area (Å²) in [6.07, 6.45) is 3.37. The number of amides is 1. The van der Waals surface area contributed by atoms with E-state index >= 15 is 0 Å². The Kier molecular flexibility index (Phi) is 3.59. The second-order valence-corrected chi connectivity index (χ2v) is 6.64. The quantitative estimate of drug-likeness (QED) is 0.588. The first-order valence-electron chi connectivity index (χ1n) is 7.47.